The monoisotopic (exact) mass is 281 g/mol. The molecule has 3 nitrogen and oxygen atoms in total. The van der Waals surface area contributed by atoms with Crippen molar-refractivity contribution in [3.05, 3.63) is 52.7 Å². The Kier molecular flexibility index (Phi) is 3.84. The maximum absolute atomic E-state index is 11.9. The highest BCUT2D eigenvalue weighted by atomic mass is 35.5. The summed E-state index contributed by atoms with van der Waals surface area (Å²) in [4.78, 5) is 16.0. The second-order valence-corrected chi connectivity index (χ2v) is 4.52. The van der Waals surface area contributed by atoms with Crippen molar-refractivity contribution in [3.8, 4) is 0 Å². The standard InChI is InChI=1S/C13H9Cl2NO2/c1-8(14)7-18-13(17)10-6-12(15)16-11-5-3-2-4-9(10)11/h2-6H,1,7H2. The molecule has 0 bridgehead atoms. The smallest absolute Gasteiger partial charge is 0.339 e. The fourth-order valence-electron chi connectivity index (χ4n) is 1.53. The molecule has 1 aromatic carbocycles. The molecule has 0 aliphatic heterocycles. The number of para-hydroxylation sites is 1. The van der Waals surface area contributed by atoms with Crippen LogP contribution in [0.15, 0.2) is 41.9 Å². The number of hydrogen-bond donors (Lipinski definition) is 0. The molecule has 92 valence electrons. The lowest BCUT2D eigenvalue weighted by Gasteiger charge is -2.07. The van der Waals surface area contributed by atoms with Gasteiger partial charge < -0.3 is 4.74 Å². The zero-order valence-corrected chi connectivity index (χ0v) is 10.8. The van der Waals surface area contributed by atoms with Gasteiger partial charge in [-0.15, -0.1) is 0 Å². The molecule has 0 saturated carbocycles. The van der Waals surface area contributed by atoms with Crippen LogP contribution in [0.3, 0.4) is 0 Å². The van der Waals surface area contributed by atoms with Gasteiger partial charge in [0.25, 0.3) is 0 Å². The summed E-state index contributed by atoms with van der Waals surface area (Å²) in [5.41, 5.74) is 1.00. The van der Waals surface area contributed by atoms with Crippen LogP contribution in [0.5, 0.6) is 0 Å². The van der Waals surface area contributed by atoms with E-state index in [1.54, 1.807) is 12.1 Å². The number of benzene rings is 1. The highest BCUT2D eigenvalue weighted by Crippen LogP contribution is 2.21. The van der Waals surface area contributed by atoms with Crippen molar-refractivity contribution in [1.82, 2.24) is 4.98 Å². The van der Waals surface area contributed by atoms with E-state index in [1.165, 1.54) is 6.07 Å². The summed E-state index contributed by atoms with van der Waals surface area (Å²) in [6.07, 6.45) is 0. The van der Waals surface area contributed by atoms with Crippen molar-refractivity contribution >= 4 is 40.1 Å². The van der Waals surface area contributed by atoms with Crippen LogP contribution in [0, 0.1) is 0 Å². The Balaban J connectivity index is 2.43. The molecule has 0 fully saturated rings. The summed E-state index contributed by atoms with van der Waals surface area (Å²) in [5.74, 6) is -0.502. The predicted octanol–water partition coefficient (Wildman–Crippen LogP) is 3.80. The van der Waals surface area contributed by atoms with Crippen LogP contribution in [0.1, 0.15) is 10.4 Å². The van der Waals surface area contributed by atoms with Gasteiger partial charge in [0.1, 0.15) is 11.8 Å². The number of carbonyl (C=O) groups is 1. The average molecular weight is 282 g/mol. The largest absolute Gasteiger partial charge is 0.456 e. The second-order valence-electron chi connectivity index (χ2n) is 3.60. The van der Waals surface area contributed by atoms with E-state index in [1.807, 2.05) is 12.1 Å². The first-order valence-electron chi connectivity index (χ1n) is 5.13. The van der Waals surface area contributed by atoms with Gasteiger partial charge in [0.05, 0.1) is 11.1 Å². The van der Waals surface area contributed by atoms with Gasteiger partial charge in [-0.05, 0) is 12.1 Å². The van der Waals surface area contributed by atoms with E-state index in [9.17, 15) is 4.79 Å². The molecule has 0 amide bonds. The predicted molar refractivity (Wildman–Crippen MR) is 72.0 cm³/mol. The topological polar surface area (TPSA) is 39.2 Å². The number of aromatic nitrogens is 1. The number of esters is 1. The molecule has 0 atom stereocenters. The van der Waals surface area contributed by atoms with E-state index in [-0.39, 0.29) is 16.8 Å². The van der Waals surface area contributed by atoms with Gasteiger partial charge in [-0.25, -0.2) is 9.78 Å². The van der Waals surface area contributed by atoms with Gasteiger partial charge in [0.2, 0.25) is 0 Å². The zero-order chi connectivity index (χ0) is 13.1. The molecule has 1 aromatic heterocycles. The number of nitrogens with zero attached hydrogens (tertiary/aromatic N) is 1. The molecule has 0 spiro atoms. The van der Waals surface area contributed by atoms with Crippen molar-refractivity contribution in [2.75, 3.05) is 6.61 Å². The number of pyridine rings is 1. The molecule has 0 saturated heterocycles. The van der Waals surface area contributed by atoms with E-state index in [2.05, 4.69) is 11.6 Å². The van der Waals surface area contributed by atoms with Crippen LogP contribution in [0.2, 0.25) is 5.15 Å². The van der Waals surface area contributed by atoms with Crippen molar-refractivity contribution in [1.29, 1.82) is 0 Å². The van der Waals surface area contributed by atoms with Crippen LogP contribution in [-0.4, -0.2) is 17.6 Å². The summed E-state index contributed by atoms with van der Waals surface area (Å²) in [7, 11) is 0. The van der Waals surface area contributed by atoms with Crippen LogP contribution in [-0.2, 0) is 4.74 Å². The molecule has 1 heterocycles. The van der Waals surface area contributed by atoms with Crippen LogP contribution in [0.25, 0.3) is 10.9 Å². The Hall–Kier alpha value is -1.58. The third-order valence-electron chi connectivity index (χ3n) is 2.26. The molecule has 18 heavy (non-hydrogen) atoms. The number of rotatable bonds is 3. The van der Waals surface area contributed by atoms with Gasteiger partial charge in [-0.2, -0.15) is 0 Å². The zero-order valence-electron chi connectivity index (χ0n) is 9.32. The van der Waals surface area contributed by atoms with E-state index in [0.29, 0.717) is 16.5 Å². The number of halogens is 2. The third-order valence-corrected chi connectivity index (χ3v) is 2.57. The van der Waals surface area contributed by atoms with Crippen molar-refractivity contribution in [3.63, 3.8) is 0 Å². The quantitative estimate of drug-likeness (QED) is 0.635. The molecule has 0 unspecified atom stereocenters. The highest BCUT2D eigenvalue weighted by molar-refractivity contribution is 6.30. The molecular formula is C13H9Cl2NO2. The SMILES string of the molecule is C=C(Cl)COC(=O)c1cc(Cl)nc2ccccc12. The maximum Gasteiger partial charge on any atom is 0.339 e. The Bertz CT molecular complexity index is 625. The van der Waals surface area contributed by atoms with E-state index in [0.717, 1.165) is 0 Å². The first kappa shape index (κ1) is 12.9. The van der Waals surface area contributed by atoms with Gasteiger partial charge in [0.15, 0.2) is 0 Å². The van der Waals surface area contributed by atoms with E-state index >= 15 is 0 Å². The maximum atomic E-state index is 11.9. The van der Waals surface area contributed by atoms with E-state index in [4.69, 9.17) is 27.9 Å². The van der Waals surface area contributed by atoms with Crippen molar-refractivity contribution in [2.24, 2.45) is 0 Å². The van der Waals surface area contributed by atoms with Gasteiger partial charge in [-0.3, -0.25) is 0 Å². The Morgan fingerprint density at radius 2 is 2.11 bits per heavy atom. The summed E-state index contributed by atoms with van der Waals surface area (Å²) >= 11 is 11.4. The van der Waals surface area contributed by atoms with Gasteiger partial charge in [-0.1, -0.05) is 48.0 Å². The summed E-state index contributed by atoms with van der Waals surface area (Å²) < 4.78 is 5.00. The van der Waals surface area contributed by atoms with Crippen molar-refractivity contribution < 1.29 is 9.53 Å². The average Bonchev–Trinajstić information content (AvgIpc) is 2.34. The minimum Gasteiger partial charge on any atom is -0.456 e. The van der Waals surface area contributed by atoms with E-state index < -0.39 is 5.97 Å². The molecule has 2 rings (SSSR count). The summed E-state index contributed by atoms with van der Waals surface area (Å²) in [6.45, 7) is 3.42. The summed E-state index contributed by atoms with van der Waals surface area (Å²) in [6, 6.07) is 8.67. The minimum atomic E-state index is -0.502. The number of ether oxygens (including phenoxy) is 1. The minimum absolute atomic E-state index is 0.0331. The fourth-order valence-corrected chi connectivity index (χ4v) is 1.79. The van der Waals surface area contributed by atoms with Crippen molar-refractivity contribution in [2.45, 2.75) is 0 Å². The Labute approximate surface area is 114 Å². The van der Waals surface area contributed by atoms with Crippen LogP contribution in [0.4, 0.5) is 0 Å². The lowest BCUT2D eigenvalue weighted by atomic mass is 10.1. The molecular weight excluding hydrogens is 273 g/mol. The molecule has 0 N–H and O–H groups in total. The van der Waals surface area contributed by atoms with Gasteiger partial charge in [0, 0.05) is 10.4 Å². The fraction of sp³-hybridized carbons (Fsp3) is 0.0769. The summed E-state index contributed by atoms with van der Waals surface area (Å²) in [5, 5.41) is 1.19. The number of fused-ring (bicyclic) bond motifs is 1. The molecule has 0 aliphatic carbocycles. The molecule has 0 aliphatic rings. The highest BCUT2D eigenvalue weighted by Gasteiger charge is 2.13. The number of hydrogen-bond acceptors (Lipinski definition) is 3. The van der Waals surface area contributed by atoms with Crippen LogP contribution < -0.4 is 0 Å². The first-order chi connectivity index (χ1) is 8.58. The lowest BCUT2D eigenvalue weighted by Crippen LogP contribution is -2.07. The second kappa shape index (κ2) is 5.38. The third kappa shape index (κ3) is 2.81. The van der Waals surface area contributed by atoms with Gasteiger partial charge >= 0.3 is 5.97 Å². The lowest BCUT2D eigenvalue weighted by molar-refractivity contribution is 0.0548. The molecule has 5 heteroatoms. The molecule has 2 aromatic rings. The Morgan fingerprint density at radius 1 is 1.39 bits per heavy atom. The molecule has 0 radical (unpaired) electrons. The normalized spacial score (nSPS) is 10.3. The Morgan fingerprint density at radius 3 is 2.83 bits per heavy atom. The van der Waals surface area contributed by atoms with Crippen LogP contribution >= 0.6 is 23.2 Å². The first-order valence-corrected chi connectivity index (χ1v) is 5.89. The number of carbonyl (C=O) groups excluding carboxylic acids is 1.